The summed E-state index contributed by atoms with van der Waals surface area (Å²) in [6, 6.07) is 10.1. The first-order valence-corrected chi connectivity index (χ1v) is 12.5. The van der Waals surface area contributed by atoms with Gasteiger partial charge in [0, 0.05) is 42.0 Å². The van der Waals surface area contributed by atoms with Gasteiger partial charge in [-0.15, -0.1) is 0 Å². The molecule has 8 nitrogen and oxygen atoms in total. The van der Waals surface area contributed by atoms with Crippen LogP contribution in [0.15, 0.2) is 36.5 Å². The number of nitrogens with one attached hydrogen (secondary N) is 2. The highest BCUT2D eigenvalue weighted by molar-refractivity contribution is 5.96. The van der Waals surface area contributed by atoms with E-state index in [1.54, 1.807) is 13.3 Å². The molecule has 0 aliphatic carbocycles. The molecular formula is C27H36N4O4. The van der Waals surface area contributed by atoms with Crippen LogP contribution in [0.25, 0.3) is 0 Å². The zero-order chi connectivity index (χ0) is 24.9. The Bertz CT molecular complexity index is 1030. The Kier molecular flexibility index (Phi) is 7.90. The third kappa shape index (κ3) is 5.75. The number of hydrogen-bond donors (Lipinski definition) is 2. The summed E-state index contributed by atoms with van der Waals surface area (Å²) in [6.45, 7) is 6.81. The van der Waals surface area contributed by atoms with E-state index in [0.717, 1.165) is 42.8 Å². The molecule has 2 aromatic rings. The van der Waals surface area contributed by atoms with Crippen LogP contribution in [0.1, 0.15) is 65.8 Å². The largest absolute Gasteiger partial charge is 0.496 e. The van der Waals surface area contributed by atoms with E-state index in [4.69, 9.17) is 9.47 Å². The van der Waals surface area contributed by atoms with Crippen molar-refractivity contribution in [2.24, 2.45) is 0 Å². The van der Waals surface area contributed by atoms with Crippen LogP contribution >= 0.6 is 0 Å². The highest BCUT2D eigenvalue weighted by Gasteiger charge is 2.41. The number of carbonyl (C=O) groups excluding carboxylic acids is 2. The van der Waals surface area contributed by atoms with Gasteiger partial charge in [0.15, 0.2) is 0 Å². The SMILES string of the molecule is COc1cccc(C(=O)N[C@H]2C[C@H]3CC[C@@H](C2)N3c2ccc(C(=O)NCCOC(C)C)cn2)c1C. The van der Waals surface area contributed by atoms with Gasteiger partial charge in [0.2, 0.25) is 0 Å². The maximum absolute atomic E-state index is 13.0. The smallest absolute Gasteiger partial charge is 0.252 e. The van der Waals surface area contributed by atoms with Crippen molar-refractivity contribution in [1.82, 2.24) is 15.6 Å². The zero-order valence-electron chi connectivity index (χ0n) is 21.0. The summed E-state index contributed by atoms with van der Waals surface area (Å²) in [7, 11) is 1.62. The van der Waals surface area contributed by atoms with Crippen molar-refractivity contribution in [2.75, 3.05) is 25.2 Å². The molecule has 2 aliphatic rings. The number of ether oxygens (including phenoxy) is 2. The minimum Gasteiger partial charge on any atom is -0.496 e. The Balaban J connectivity index is 1.34. The van der Waals surface area contributed by atoms with Crippen molar-refractivity contribution in [1.29, 1.82) is 0 Å². The molecule has 2 bridgehead atoms. The molecule has 2 aliphatic heterocycles. The van der Waals surface area contributed by atoms with Gasteiger partial charge in [-0.1, -0.05) is 6.07 Å². The molecular weight excluding hydrogens is 444 g/mol. The second kappa shape index (κ2) is 11.1. The van der Waals surface area contributed by atoms with E-state index in [2.05, 4.69) is 20.5 Å². The average molecular weight is 481 g/mol. The van der Waals surface area contributed by atoms with Gasteiger partial charge < -0.3 is 25.0 Å². The lowest BCUT2D eigenvalue weighted by atomic mass is 9.96. The highest BCUT2D eigenvalue weighted by atomic mass is 16.5. The Morgan fingerprint density at radius 2 is 1.86 bits per heavy atom. The first kappa shape index (κ1) is 25.0. The molecule has 0 unspecified atom stereocenters. The van der Waals surface area contributed by atoms with E-state index in [0.29, 0.717) is 36.4 Å². The Labute approximate surface area is 207 Å². The maximum atomic E-state index is 13.0. The molecule has 188 valence electrons. The highest BCUT2D eigenvalue weighted by Crippen LogP contribution is 2.38. The van der Waals surface area contributed by atoms with Gasteiger partial charge in [0.1, 0.15) is 11.6 Å². The monoisotopic (exact) mass is 480 g/mol. The molecule has 3 heterocycles. The molecule has 4 rings (SSSR count). The number of piperidine rings is 1. The molecule has 8 heteroatoms. The third-order valence-corrected chi connectivity index (χ3v) is 6.93. The second-order valence-corrected chi connectivity index (χ2v) is 9.65. The third-order valence-electron chi connectivity index (χ3n) is 6.93. The molecule has 1 aromatic carbocycles. The first-order valence-electron chi connectivity index (χ1n) is 12.5. The van der Waals surface area contributed by atoms with E-state index in [1.807, 2.05) is 51.1 Å². The van der Waals surface area contributed by atoms with Crippen molar-refractivity contribution < 1.29 is 19.1 Å². The molecule has 35 heavy (non-hydrogen) atoms. The summed E-state index contributed by atoms with van der Waals surface area (Å²) in [5.41, 5.74) is 2.06. The van der Waals surface area contributed by atoms with Crippen LogP contribution in [-0.2, 0) is 4.74 Å². The van der Waals surface area contributed by atoms with Gasteiger partial charge in [0.05, 0.1) is 25.4 Å². The van der Waals surface area contributed by atoms with Gasteiger partial charge >= 0.3 is 0 Å². The quantitative estimate of drug-likeness (QED) is 0.534. The van der Waals surface area contributed by atoms with Crippen LogP contribution in [0.5, 0.6) is 5.75 Å². The topological polar surface area (TPSA) is 92.8 Å². The van der Waals surface area contributed by atoms with Crippen LogP contribution in [0, 0.1) is 6.92 Å². The number of nitrogens with zero attached hydrogens (tertiary/aromatic N) is 2. The predicted molar refractivity (Wildman–Crippen MR) is 135 cm³/mol. The van der Waals surface area contributed by atoms with E-state index in [1.165, 1.54) is 0 Å². The lowest BCUT2D eigenvalue weighted by Crippen LogP contribution is -2.50. The molecule has 2 amide bonds. The minimum atomic E-state index is -0.145. The van der Waals surface area contributed by atoms with Crippen LogP contribution in [-0.4, -0.2) is 61.3 Å². The number of fused-ring (bicyclic) bond motifs is 2. The summed E-state index contributed by atoms with van der Waals surface area (Å²) in [5.74, 6) is 1.42. The number of aromatic nitrogens is 1. The number of anilines is 1. The summed E-state index contributed by atoms with van der Waals surface area (Å²) in [4.78, 5) is 32.3. The van der Waals surface area contributed by atoms with Crippen LogP contribution in [0.3, 0.4) is 0 Å². The fraction of sp³-hybridized carbons (Fsp3) is 0.519. The zero-order valence-corrected chi connectivity index (χ0v) is 21.0. The summed E-state index contributed by atoms with van der Waals surface area (Å²) >= 11 is 0. The Morgan fingerprint density at radius 1 is 1.11 bits per heavy atom. The fourth-order valence-corrected chi connectivity index (χ4v) is 5.25. The first-order chi connectivity index (χ1) is 16.9. The van der Waals surface area contributed by atoms with Crippen LogP contribution in [0.4, 0.5) is 5.82 Å². The van der Waals surface area contributed by atoms with Gasteiger partial charge in [-0.25, -0.2) is 4.98 Å². The van der Waals surface area contributed by atoms with E-state index in [-0.39, 0.29) is 24.0 Å². The summed E-state index contributed by atoms with van der Waals surface area (Å²) in [5, 5.41) is 6.12. The van der Waals surface area contributed by atoms with E-state index >= 15 is 0 Å². The predicted octanol–water partition coefficient (Wildman–Crippen LogP) is 3.48. The van der Waals surface area contributed by atoms with Crippen molar-refractivity contribution in [2.45, 2.75) is 70.7 Å². The molecule has 1 aromatic heterocycles. The lowest BCUT2D eigenvalue weighted by Gasteiger charge is -2.40. The number of carbonyl (C=O) groups is 2. The van der Waals surface area contributed by atoms with Crippen molar-refractivity contribution >= 4 is 17.6 Å². The molecule has 2 saturated heterocycles. The van der Waals surface area contributed by atoms with Gasteiger partial charge in [0.25, 0.3) is 11.8 Å². The number of hydrogen-bond acceptors (Lipinski definition) is 6. The average Bonchev–Trinajstić information content (AvgIpc) is 3.11. The Morgan fingerprint density at radius 3 is 2.49 bits per heavy atom. The standard InChI is InChI=1S/C27H36N4O4/c1-17(2)35-13-12-28-26(32)19-8-11-25(29-16-19)31-21-9-10-22(31)15-20(14-21)30-27(33)23-6-5-7-24(34-4)18(23)3/h5-8,11,16-17,20-22H,9-10,12-15H2,1-4H3,(H,28,32)(H,30,33)/t20-,21+,22-. The van der Waals surface area contributed by atoms with E-state index < -0.39 is 0 Å². The molecule has 2 N–H and O–H groups in total. The van der Waals surface area contributed by atoms with Crippen LogP contribution < -0.4 is 20.3 Å². The molecule has 3 atom stereocenters. The number of amides is 2. The number of pyridine rings is 1. The lowest BCUT2D eigenvalue weighted by molar-refractivity contribution is 0.0746. The second-order valence-electron chi connectivity index (χ2n) is 9.65. The molecule has 0 saturated carbocycles. The van der Waals surface area contributed by atoms with Crippen molar-refractivity contribution in [3.05, 3.63) is 53.2 Å². The maximum Gasteiger partial charge on any atom is 0.252 e. The summed E-state index contributed by atoms with van der Waals surface area (Å²) in [6.07, 6.45) is 5.71. The minimum absolute atomic E-state index is 0.0495. The van der Waals surface area contributed by atoms with Crippen molar-refractivity contribution in [3.63, 3.8) is 0 Å². The Hall–Kier alpha value is -3.13. The normalized spacial score (nSPS) is 21.2. The van der Waals surface area contributed by atoms with Gasteiger partial charge in [-0.05, 0) is 70.7 Å². The van der Waals surface area contributed by atoms with E-state index in [9.17, 15) is 9.59 Å². The molecule has 0 spiro atoms. The summed E-state index contributed by atoms with van der Waals surface area (Å²) < 4.78 is 10.8. The number of benzene rings is 1. The molecule has 0 radical (unpaired) electrons. The van der Waals surface area contributed by atoms with Gasteiger partial charge in [-0.3, -0.25) is 9.59 Å². The molecule has 2 fully saturated rings. The van der Waals surface area contributed by atoms with Gasteiger partial charge in [-0.2, -0.15) is 0 Å². The van der Waals surface area contributed by atoms with Crippen LogP contribution in [0.2, 0.25) is 0 Å². The number of methoxy groups -OCH3 is 1. The number of rotatable bonds is 9. The fourth-order valence-electron chi connectivity index (χ4n) is 5.25. The van der Waals surface area contributed by atoms with Crippen molar-refractivity contribution in [3.8, 4) is 5.75 Å².